The average molecular weight is 1500 g/mol. The van der Waals surface area contributed by atoms with Gasteiger partial charge in [-0.15, -0.1) is 0 Å². The fraction of sp³-hybridized carbons (Fsp3) is 0.146. The summed E-state index contributed by atoms with van der Waals surface area (Å²) in [4.78, 5) is 18.4. The minimum atomic E-state index is 0.696. The van der Waals surface area contributed by atoms with Crippen molar-refractivity contribution in [1.29, 1.82) is 0 Å². The second-order valence-electron chi connectivity index (χ2n) is 30.7. The second-order valence-corrected chi connectivity index (χ2v) is 30.7. The predicted octanol–water partition coefficient (Wildman–Crippen LogP) is 24.0. The first-order valence-electron chi connectivity index (χ1n) is 39.1. The maximum Gasteiger partial charge on any atom is 0.227 e. The lowest BCUT2D eigenvalue weighted by molar-refractivity contribution is -0.660. The van der Waals surface area contributed by atoms with Crippen LogP contribution in [0.3, 0.4) is 0 Å². The molecule has 0 aliphatic rings. The molecule has 12 heteroatoms. The number of furan rings is 4. The molecule has 12 aromatic heterocycles. The molecule has 20 aromatic rings. The number of hydrogen-bond acceptors (Lipinski definition) is 8. The lowest BCUT2D eigenvalue weighted by atomic mass is 9.94. The van der Waals surface area contributed by atoms with Crippen molar-refractivity contribution in [2.75, 3.05) is 0 Å². The number of rotatable bonds is 8. The Labute approximate surface area is 669 Å². The van der Waals surface area contributed by atoms with Crippen LogP contribution in [0.2, 0.25) is 0 Å². The van der Waals surface area contributed by atoms with Gasteiger partial charge in [0.05, 0.1) is 33.4 Å². The Morgan fingerprint density at radius 1 is 0.235 bits per heavy atom. The first kappa shape index (κ1) is 73.9. The summed E-state index contributed by atoms with van der Waals surface area (Å²) >= 11 is 0. The van der Waals surface area contributed by atoms with E-state index in [0.717, 1.165) is 133 Å². The molecular formula is C103H90N8O4+4. The van der Waals surface area contributed by atoms with E-state index < -0.39 is 0 Å². The first-order chi connectivity index (χ1) is 55.7. The summed E-state index contributed by atoms with van der Waals surface area (Å²) in [6, 6.07) is 87.6. The molecule has 8 aromatic carbocycles. The van der Waals surface area contributed by atoms with Crippen LogP contribution in [0, 0.1) is 76.2 Å². The van der Waals surface area contributed by atoms with Crippen LogP contribution < -0.4 is 18.3 Å². The van der Waals surface area contributed by atoms with Gasteiger partial charge >= 0.3 is 0 Å². The summed E-state index contributed by atoms with van der Waals surface area (Å²) in [5, 5.41) is 8.65. The van der Waals surface area contributed by atoms with Crippen molar-refractivity contribution in [3.63, 3.8) is 0 Å². The Bertz CT molecular complexity index is 7190. The average Bonchev–Trinajstić information content (AvgIpc) is 1.64. The minimum absolute atomic E-state index is 0.696. The van der Waals surface area contributed by atoms with E-state index in [-0.39, 0.29) is 0 Å². The van der Waals surface area contributed by atoms with Gasteiger partial charge in [0.2, 0.25) is 45.6 Å². The Hall–Kier alpha value is -13.8. The van der Waals surface area contributed by atoms with Crippen LogP contribution in [-0.4, -0.2) is 19.9 Å². The summed E-state index contributed by atoms with van der Waals surface area (Å²) in [5.74, 6) is 0. The first-order valence-corrected chi connectivity index (χ1v) is 39.1. The molecule has 0 saturated carbocycles. The molecule has 0 unspecified atom stereocenters. The molecule has 0 radical (unpaired) electrons. The van der Waals surface area contributed by atoms with E-state index in [1.807, 2.05) is 58.0 Å². The zero-order chi connectivity index (χ0) is 79.6. The van der Waals surface area contributed by atoms with Crippen molar-refractivity contribution < 1.29 is 35.9 Å². The van der Waals surface area contributed by atoms with Gasteiger partial charge in [0, 0.05) is 102 Å². The van der Waals surface area contributed by atoms with Gasteiger partial charge in [-0.1, -0.05) is 168 Å². The molecule has 115 heavy (non-hydrogen) atoms. The molecule has 0 N–H and O–H groups in total. The summed E-state index contributed by atoms with van der Waals surface area (Å²) in [6.45, 7) is 22.9. The molecule has 0 spiro atoms. The quantitative estimate of drug-likeness (QED) is 0.138. The van der Waals surface area contributed by atoms with E-state index in [0.29, 0.717) is 22.9 Å². The molecule has 0 aliphatic carbocycles. The highest BCUT2D eigenvalue weighted by Gasteiger charge is 2.29. The second kappa shape index (κ2) is 30.3. The van der Waals surface area contributed by atoms with E-state index >= 15 is 0 Å². The molecule has 12 heterocycles. The molecule has 0 bridgehead atoms. The smallest absolute Gasteiger partial charge is 0.227 e. The highest BCUT2D eigenvalue weighted by molar-refractivity contribution is 6.13. The molecule has 0 saturated heterocycles. The number of hydrogen-bond donors (Lipinski definition) is 0. The van der Waals surface area contributed by atoms with Crippen LogP contribution in [0.15, 0.2) is 291 Å². The summed E-state index contributed by atoms with van der Waals surface area (Å²) in [6.07, 6.45) is 8.48. The standard InChI is InChI=1S/3C26H23N2O.C25H21N2O/c1-16-5-9-19(10-6-16)20-11-14-23(28(4)15-20)24-17(2)7-12-21-22-13-8-18(3)27-26(22)29-25(21)24;1-16-5-9-19(10-6-16)20-13-14-28(4)23(15-20)24-17(2)7-11-21-22-12-8-18(3)27-26(22)29-25(21)24;1-16-7-11-19(12-8-16)20-6-5-15-28(4)24(20)23-17(2)9-13-21-22-14-10-18(3)27-26(22)29-25(21)23;1-16-11-13-20-21-14-12-17(2)26-25(21)28-24(20)22(16)23-19(10-7-15-27(23)3)18-8-5-4-6-9-18/h3*5-15H,1-4H3;4-15H,1-3H3/q4*+1. The van der Waals surface area contributed by atoms with Crippen molar-refractivity contribution in [2.24, 2.45) is 28.2 Å². The summed E-state index contributed by atoms with van der Waals surface area (Å²) in [7, 11) is 8.36. The SMILES string of the molecule is Cc1ccc(-c2cc[n+](C)c(-c3c(C)ccc4c3oc3nc(C)ccc34)c2)cc1.Cc1ccc(-c2ccc(-c3c(C)ccc4c3oc3nc(C)ccc34)[n+](C)c2)cc1.Cc1ccc(-c2ccc[n+](C)c2-c2c(C)ccc3c2oc2nc(C)ccc23)cc1.Cc1ccc2c(n1)oc1c(-c3c(-c4ccccc4)ccc[n+]3C)c(C)ccc12. The molecule has 0 amide bonds. The van der Waals surface area contributed by atoms with Gasteiger partial charge in [-0.3, -0.25) is 0 Å². The Kier molecular flexibility index (Phi) is 19.5. The fourth-order valence-corrected chi connectivity index (χ4v) is 16.1. The van der Waals surface area contributed by atoms with E-state index in [1.54, 1.807) is 0 Å². The molecule has 12 nitrogen and oxygen atoms in total. The summed E-state index contributed by atoms with van der Waals surface area (Å²) in [5.41, 5.74) is 37.4. The zero-order valence-electron chi connectivity index (χ0n) is 67.7. The highest BCUT2D eigenvalue weighted by atomic mass is 16.4. The largest absolute Gasteiger partial charge is 0.437 e. The molecule has 0 aliphatic heterocycles. The number of benzene rings is 8. The third-order valence-electron chi connectivity index (χ3n) is 22.3. The van der Waals surface area contributed by atoms with E-state index in [1.165, 1.54) is 83.5 Å². The normalized spacial score (nSPS) is 11.4. The van der Waals surface area contributed by atoms with Gasteiger partial charge in [-0.25, -0.2) is 38.2 Å². The molecule has 562 valence electrons. The van der Waals surface area contributed by atoms with Crippen LogP contribution in [0.4, 0.5) is 0 Å². The van der Waals surface area contributed by atoms with Gasteiger partial charge in [0.25, 0.3) is 0 Å². The maximum atomic E-state index is 6.34. The molecule has 20 rings (SSSR count). The van der Waals surface area contributed by atoms with Crippen LogP contribution in [0.5, 0.6) is 0 Å². The molecule has 0 fully saturated rings. The highest BCUT2D eigenvalue weighted by Crippen LogP contribution is 2.44. The Balaban J connectivity index is 0.000000111. The molecule has 0 atom stereocenters. The lowest BCUT2D eigenvalue weighted by Crippen LogP contribution is -2.31. The van der Waals surface area contributed by atoms with Crippen LogP contribution >= 0.6 is 0 Å². The van der Waals surface area contributed by atoms with Gasteiger partial charge in [0.15, 0.2) is 47.1 Å². The summed E-state index contributed by atoms with van der Waals surface area (Å²) < 4.78 is 33.9. The van der Waals surface area contributed by atoms with Crippen molar-refractivity contribution in [2.45, 2.75) is 76.2 Å². The number of fused-ring (bicyclic) bond motifs is 12. The zero-order valence-corrected chi connectivity index (χ0v) is 67.7. The minimum Gasteiger partial charge on any atom is -0.437 e. The number of pyridine rings is 8. The van der Waals surface area contributed by atoms with Crippen molar-refractivity contribution in [3.05, 3.63) is 335 Å². The Morgan fingerprint density at radius 2 is 0.565 bits per heavy atom. The fourth-order valence-electron chi connectivity index (χ4n) is 16.1. The van der Waals surface area contributed by atoms with Crippen LogP contribution in [0.25, 0.3) is 178 Å². The predicted molar refractivity (Wildman–Crippen MR) is 466 cm³/mol. The third kappa shape index (κ3) is 14.0. The van der Waals surface area contributed by atoms with Gasteiger partial charge in [0.1, 0.15) is 28.2 Å². The van der Waals surface area contributed by atoms with E-state index in [4.69, 9.17) is 17.7 Å². The maximum absolute atomic E-state index is 6.34. The molecular weight excluding hydrogens is 1410 g/mol. The lowest BCUT2D eigenvalue weighted by Gasteiger charge is -2.11. The van der Waals surface area contributed by atoms with Gasteiger partial charge in [-0.2, -0.15) is 0 Å². The Morgan fingerprint density at radius 3 is 0.957 bits per heavy atom. The monoisotopic (exact) mass is 1500 g/mol. The number of nitrogens with zero attached hydrogens (tertiary/aromatic N) is 8. The third-order valence-corrected chi connectivity index (χ3v) is 22.3. The van der Waals surface area contributed by atoms with Crippen LogP contribution in [-0.2, 0) is 28.2 Å². The van der Waals surface area contributed by atoms with Crippen LogP contribution in [0.1, 0.15) is 61.7 Å². The van der Waals surface area contributed by atoms with Crippen molar-refractivity contribution in [3.8, 4) is 89.5 Å². The van der Waals surface area contributed by atoms with Crippen molar-refractivity contribution >= 4 is 88.3 Å². The number of aromatic nitrogens is 8. The topological polar surface area (TPSA) is 120 Å². The van der Waals surface area contributed by atoms with E-state index in [9.17, 15) is 0 Å². The van der Waals surface area contributed by atoms with Gasteiger partial charge in [-0.05, 0) is 193 Å². The van der Waals surface area contributed by atoms with Gasteiger partial charge < -0.3 is 17.7 Å². The number of aryl methyl sites for hydroxylation is 15. The van der Waals surface area contributed by atoms with E-state index in [2.05, 4.69) is 358 Å². The van der Waals surface area contributed by atoms with Crippen molar-refractivity contribution in [1.82, 2.24) is 19.9 Å².